The van der Waals surface area contributed by atoms with E-state index in [2.05, 4.69) is 42.2 Å². The van der Waals surface area contributed by atoms with Crippen molar-refractivity contribution in [1.29, 1.82) is 0 Å². The standard InChI is InChI=1S/C20H25FN10O10P2S/c21-8-1-7(39-18(8)30-5-26-10-14(22)24-4-25-15(10)30)2-37-42(34)41-13-9(3-38-43(35,36)44)40-19(12(13)32)31-6-27-11-16(31)28-20(23)29-17(11)33/h4-9,12-13,18-19,32,42H,1-3H2,(H2,22,24,25)(H2,35,36,44)(H3,23,28,29,33)/t7-,8+,9+,12+,13+,18+,19+/m0/s1. The van der Waals surface area contributed by atoms with Crippen molar-refractivity contribution in [3.8, 4) is 0 Å². The lowest BCUT2D eigenvalue weighted by Crippen LogP contribution is -2.35. The van der Waals surface area contributed by atoms with Crippen molar-refractivity contribution in [2.24, 2.45) is 0 Å². The van der Waals surface area contributed by atoms with Gasteiger partial charge in [0.05, 0.1) is 32.0 Å². The van der Waals surface area contributed by atoms with Gasteiger partial charge in [-0.25, -0.2) is 28.9 Å². The van der Waals surface area contributed by atoms with Gasteiger partial charge in [-0.3, -0.25) is 28.0 Å². The first-order valence-electron chi connectivity index (χ1n) is 12.7. The maximum absolute atomic E-state index is 14.9. The predicted molar refractivity (Wildman–Crippen MR) is 150 cm³/mol. The van der Waals surface area contributed by atoms with Crippen molar-refractivity contribution < 1.29 is 46.6 Å². The van der Waals surface area contributed by atoms with Crippen molar-refractivity contribution in [2.75, 3.05) is 24.7 Å². The van der Waals surface area contributed by atoms with Crippen molar-refractivity contribution in [1.82, 2.24) is 39.0 Å². The Hall–Kier alpha value is -3.04. The Morgan fingerprint density at radius 3 is 2.61 bits per heavy atom. The smallest absolute Gasteiger partial charge is 0.383 e. The van der Waals surface area contributed by atoms with Crippen molar-refractivity contribution in [3.05, 3.63) is 29.3 Å². The number of imidazole rings is 2. The predicted octanol–water partition coefficient (Wildman–Crippen LogP) is -0.154. The number of nitrogens with one attached hydrogen (secondary N) is 1. The number of aromatic nitrogens is 8. The first-order valence-corrected chi connectivity index (χ1v) is 16.7. The molecule has 238 valence electrons. The van der Waals surface area contributed by atoms with E-state index in [0.717, 1.165) is 6.33 Å². The molecule has 7 N–H and O–H groups in total. The molecule has 44 heavy (non-hydrogen) atoms. The zero-order valence-corrected chi connectivity index (χ0v) is 24.9. The lowest BCUT2D eigenvalue weighted by Gasteiger charge is -2.21. The number of rotatable bonds is 10. The van der Waals surface area contributed by atoms with Gasteiger partial charge in [-0.2, -0.15) is 4.98 Å². The first kappa shape index (κ1) is 31.0. The summed E-state index contributed by atoms with van der Waals surface area (Å²) in [4.78, 5) is 43.9. The molecule has 2 unspecified atom stereocenters. The summed E-state index contributed by atoms with van der Waals surface area (Å²) in [6, 6.07) is 0. The molecule has 20 nitrogen and oxygen atoms in total. The lowest BCUT2D eigenvalue weighted by atomic mass is 10.1. The summed E-state index contributed by atoms with van der Waals surface area (Å²) >= 11 is 3.46. The molecule has 2 saturated heterocycles. The van der Waals surface area contributed by atoms with Crippen LogP contribution >= 0.6 is 27.3 Å². The Morgan fingerprint density at radius 1 is 1.14 bits per heavy atom. The maximum Gasteiger partial charge on any atom is 0.383 e. The molecule has 0 aliphatic carbocycles. The fraction of sp³-hybridized carbons (Fsp3) is 0.500. The van der Waals surface area contributed by atoms with Crippen molar-refractivity contribution in [3.63, 3.8) is 0 Å². The number of ether oxygens (including phenoxy) is 2. The van der Waals surface area contributed by atoms with E-state index in [0.29, 0.717) is 0 Å². The molecule has 0 bridgehead atoms. The molecule has 0 spiro atoms. The van der Waals surface area contributed by atoms with Crippen LogP contribution in [-0.4, -0.2) is 92.8 Å². The SMILES string of the molecule is Nc1nc2c(ncn2[C@@H]2O[C@H](COP(=O)(O)S)[C@@H](O[PH](=O)OC[C@@H]3C[C@@H](F)[C@H](n4cnc5c(N)ncnc54)O3)[C@H]2O)c(=O)[nH]1. The maximum atomic E-state index is 14.9. The van der Waals surface area contributed by atoms with E-state index in [4.69, 9.17) is 34.5 Å². The molecular formula is C20H25FN10O10P2S. The topological polar surface area (TPSA) is 280 Å². The largest absolute Gasteiger partial charge is 0.386 e. The molecule has 0 aromatic carbocycles. The van der Waals surface area contributed by atoms with Gasteiger partial charge in [0.1, 0.15) is 36.3 Å². The summed E-state index contributed by atoms with van der Waals surface area (Å²) in [5.41, 5.74) is 11.2. The minimum atomic E-state index is -4.30. The molecule has 4 aromatic heterocycles. The van der Waals surface area contributed by atoms with E-state index in [1.807, 2.05) is 0 Å². The Labute approximate surface area is 250 Å². The van der Waals surface area contributed by atoms with E-state index in [1.165, 1.54) is 21.8 Å². The summed E-state index contributed by atoms with van der Waals surface area (Å²) in [5, 5.41) is 11.1. The number of anilines is 2. The Balaban J connectivity index is 1.13. The number of aromatic amines is 1. The molecule has 0 radical (unpaired) electrons. The second-order valence-electron chi connectivity index (χ2n) is 9.74. The van der Waals surface area contributed by atoms with Gasteiger partial charge in [0.25, 0.3) is 5.56 Å². The normalized spacial score (nSPS) is 29.4. The number of nitrogens with two attached hydrogens (primary N) is 2. The third kappa shape index (κ3) is 6.10. The van der Waals surface area contributed by atoms with Gasteiger partial charge in [-0.05, 0) is 0 Å². The van der Waals surface area contributed by atoms with Crippen molar-refractivity contribution >= 4 is 61.4 Å². The molecule has 2 aliphatic heterocycles. The highest BCUT2D eigenvalue weighted by atomic mass is 32.7. The zero-order valence-electron chi connectivity index (χ0n) is 22.1. The van der Waals surface area contributed by atoms with Gasteiger partial charge >= 0.3 is 15.1 Å². The number of aliphatic hydroxyl groups is 1. The summed E-state index contributed by atoms with van der Waals surface area (Å²) < 4.78 is 69.2. The molecule has 0 saturated carbocycles. The number of halogens is 1. The Kier molecular flexibility index (Phi) is 8.48. The van der Waals surface area contributed by atoms with Gasteiger partial charge < -0.3 is 40.0 Å². The van der Waals surface area contributed by atoms with Gasteiger partial charge in [0, 0.05) is 6.42 Å². The Morgan fingerprint density at radius 2 is 1.86 bits per heavy atom. The summed E-state index contributed by atoms with van der Waals surface area (Å²) in [7, 11) is -3.42. The lowest BCUT2D eigenvalue weighted by molar-refractivity contribution is -0.0478. The Bertz CT molecular complexity index is 1820. The number of nitrogen functional groups attached to an aromatic ring is 2. The van der Waals surface area contributed by atoms with E-state index >= 15 is 0 Å². The van der Waals surface area contributed by atoms with Gasteiger partial charge in [0.15, 0.2) is 35.1 Å². The monoisotopic (exact) mass is 678 g/mol. The first-order chi connectivity index (χ1) is 20.9. The number of alkyl halides is 1. The molecule has 6 rings (SSSR count). The highest BCUT2D eigenvalue weighted by Crippen LogP contribution is 2.48. The molecule has 24 heteroatoms. The van der Waals surface area contributed by atoms with Crippen LogP contribution in [0.15, 0.2) is 23.8 Å². The number of thiol groups is 1. The van der Waals surface area contributed by atoms with Crippen LogP contribution in [0.1, 0.15) is 18.9 Å². The minimum Gasteiger partial charge on any atom is -0.386 e. The second kappa shape index (κ2) is 12.0. The molecule has 2 fully saturated rings. The molecule has 6 heterocycles. The number of hydrogen-bond donors (Lipinski definition) is 6. The van der Waals surface area contributed by atoms with Crippen molar-refractivity contribution in [2.45, 2.75) is 49.5 Å². The average Bonchev–Trinajstić information content (AvgIpc) is 3.72. The molecule has 4 aromatic rings. The van der Waals surface area contributed by atoms with Crippen LogP contribution in [0.25, 0.3) is 22.3 Å². The van der Waals surface area contributed by atoms with Crippen LogP contribution in [0.3, 0.4) is 0 Å². The number of aliphatic hydroxyl groups excluding tert-OH is 1. The highest BCUT2D eigenvalue weighted by Gasteiger charge is 2.48. The van der Waals surface area contributed by atoms with Crippen LogP contribution in [-0.2, 0) is 32.2 Å². The summed E-state index contributed by atoms with van der Waals surface area (Å²) in [5.74, 6) is -0.113. The quantitative estimate of drug-likeness (QED) is 0.0939. The average molecular weight is 678 g/mol. The van der Waals surface area contributed by atoms with Crippen LogP contribution in [0.5, 0.6) is 0 Å². The zero-order chi connectivity index (χ0) is 31.3. The second-order valence-corrected chi connectivity index (χ2v) is 13.5. The fourth-order valence-corrected chi connectivity index (χ4v) is 6.39. The van der Waals surface area contributed by atoms with E-state index in [9.17, 15) is 28.3 Å². The van der Waals surface area contributed by atoms with E-state index < -0.39 is 70.3 Å². The minimum absolute atomic E-state index is 0.0462. The van der Waals surface area contributed by atoms with Gasteiger partial charge in [-0.1, -0.05) is 12.2 Å². The van der Waals surface area contributed by atoms with E-state index in [1.54, 1.807) is 0 Å². The van der Waals surface area contributed by atoms with Gasteiger partial charge in [0.2, 0.25) is 5.95 Å². The molecule has 0 amide bonds. The molecule has 9 atom stereocenters. The van der Waals surface area contributed by atoms with Crippen LogP contribution in [0, 0.1) is 0 Å². The number of H-pyrrole nitrogens is 1. The number of nitrogens with zero attached hydrogens (tertiary/aromatic N) is 7. The summed E-state index contributed by atoms with van der Waals surface area (Å²) in [6.07, 6.45) is -5.58. The third-order valence-corrected chi connectivity index (χ3v) is 8.55. The third-order valence-electron chi connectivity index (χ3n) is 6.85. The van der Waals surface area contributed by atoms with E-state index in [-0.39, 0.29) is 47.1 Å². The summed E-state index contributed by atoms with van der Waals surface area (Å²) in [6.45, 7) is -5.28. The number of fused-ring (bicyclic) bond motifs is 2. The van der Waals surface area contributed by atoms with Crippen LogP contribution in [0.2, 0.25) is 0 Å². The van der Waals surface area contributed by atoms with Crippen LogP contribution < -0.4 is 17.0 Å². The molecule has 2 aliphatic rings. The fourth-order valence-electron chi connectivity index (χ4n) is 4.94. The van der Waals surface area contributed by atoms with Gasteiger partial charge in [-0.15, -0.1) is 0 Å². The molecular weight excluding hydrogens is 653 g/mol. The number of hydrogen-bond acceptors (Lipinski definition) is 16. The highest BCUT2D eigenvalue weighted by molar-refractivity contribution is 8.44. The van der Waals surface area contributed by atoms with Crippen LogP contribution in [0.4, 0.5) is 16.2 Å².